The van der Waals surface area contributed by atoms with Gasteiger partial charge in [-0.15, -0.1) is 0 Å². The number of hydrogen-bond donors (Lipinski definition) is 0. The average Bonchev–Trinajstić information content (AvgIpc) is 2.46. The van der Waals surface area contributed by atoms with Gasteiger partial charge in [-0.25, -0.2) is 4.79 Å². The third kappa shape index (κ3) is 9.39. The van der Waals surface area contributed by atoms with E-state index >= 15 is 0 Å². The van der Waals surface area contributed by atoms with Gasteiger partial charge in [-0.3, -0.25) is 0 Å². The van der Waals surface area contributed by atoms with Crippen molar-refractivity contribution in [1.29, 1.82) is 0 Å². The lowest BCUT2D eigenvalue weighted by Crippen LogP contribution is -2.35. The van der Waals surface area contributed by atoms with Gasteiger partial charge in [-0.1, -0.05) is 36.5 Å². The quantitative estimate of drug-likeness (QED) is 0.337. The van der Waals surface area contributed by atoms with E-state index in [0.717, 1.165) is 12.8 Å². The molecule has 0 N–H and O–H groups in total. The predicted octanol–water partition coefficient (Wildman–Crippen LogP) is 6.52. The molecule has 0 bridgehead atoms. The number of carbonyl (C=O) groups excluding carboxylic acids is 1. The summed E-state index contributed by atoms with van der Waals surface area (Å²) in [7, 11) is 0. The molecule has 136 valence electrons. The van der Waals surface area contributed by atoms with Crippen LogP contribution in [0.15, 0.2) is 48.6 Å². The van der Waals surface area contributed by atoms with Gasteiger partial charge in [0.05, 0.1) is 0 Å². The molecule has 0 fully saturated rings. The van der Waals surface area contributed by atoms with Gasteiger partial charge in [0.15, 0.2) is 0 Å². The fourth-order valence-electron chi connectivity index (χ4n) is 2.09. The molecule has 0 rings (SSSR count). The lowest BCUT2D eigenvalue weighted by Gasteiger charge is -2.30. The molecule has 0 heterocycles. The molecule has 24 heavy (non-hydrogen) atoms. The predicted molar refractivity (Wildman–Crippen MR) is 102 cm³/mol. The summed E-state index contributed by atoms with van der Waals surface area (Å²) in [6.07, 6.45) is 9.82. The first-order valence-electron chi connectivity index (χ1n) is 8.52. The van der Waals surface area contributed by atoms with Gasteiger partial charge in [0, 0.05) is 0 Å². The summed E-state index contributed by atoms with van der Waals surface area (Å²) in [5, 5.41) is 0. The zero-order chi connectivity index (χ0) is 18.8. The van der Waals surface area contributed by atoms with Crippen LogP contribution in [-0.2, 0) is 9.47 Å². The van der Waals surface area contributed by atoms with E-state index in [0.29, 0.717) is 12.8 Å². The standard InChI is InChI=1S/C21H34O3/c1-9-20(7,15-11-13-17(3)4)23-19(22)24-21(8,10-2)16-12-14-18(5)6/h9-10,13-14H,1-2,11-12,15-16H2,3-8H3. The van der Waals surface area contributed by atoms with Crippen molar-refractivity contribution in [1.82, 2.24) is 0 Å². The van der Waals surface area contributed by atoms with E-state index in [1.54, 1.807) is 12.2 Å². The molecule has 0 saturated carbocycles. The van der Waals surface area contributed by atoms with Gasteiger partial charge < -0.3 is 9.47 Å². The molecule has 0 aliphatic rings. The van der Waals surface area contributed by atoms with E-state index in [1.807, 2.05) is 41.5 Å². The number of ether oxygens (including phenoxy) is 2. The molecule has 0 aliphatic heterocycles. The van der Waals surface area contributed by atoms with Crippen molar-refractivity contribution < 1.29 is 14.3 Å². The van der Waals surface area contributed by atoms with Crippen LogP contribution in [0.4, 0.5) is 4.79 Å². The van der Waals surface area contributed by atoms with E-state index in [9.17, 15) is 4.79 Å². The molecule has 3 heteroatoms. The Hall–Kier alpha value is -1.77. The first-order valence-corrected chi connectivity index (χ1v) is 8.52. The Morgan fingerprint density at radius 2 is 1.17 bits per heavy atom. The second kappa shape index (κ2) is 10.2. The fourth-order valence-corrected chi connectivity index (χ4v) is 2.09. The van der Waals surface area contributed by atoms with Crippen LogP contribution in [0.1, 0.15) is 67.2 Å². The Labute approximate surface area is 148 Å². The van der Waals surface area contributed by atoms with Crippen LogP contribution in [0.3, 0.4) is 0 Å². The summed E-state index contributed by atoms with van der Waals surface area (Å²) in [5.41, 5.74) is 0.987. The summed E-state index contributed by atoms with van der Waals surface area (Å²) in [4.78, 5) is 12.2. The van der Waals surface area contributed by atoms with E-state index in [1.165, 1.54) is 11.1 Å². The molecular weight excluding hydrogens is 300 g/mol. The molecule has 3 nitrogen and oxygen atoms in total. The molecule has 0 aromatic carbocycles. The minimum absolute atomic E-state index is 0.666. The van der Waals surface area contributed by atoms with Crippen LogP contribution < -0.4 is 0 Å². The lowest BCUT2D eigenvalue weighted by atomic mass is 9.99. The van der Waals surface area contributed by atoms with Crippen LogP contribution in [0.25, 0.3) is 0 Å². The molecule has 0 spiro atoms. The van der Waals surface area contributed by atoms with E-state index in [4.69, 9.17) is 9.47 Å². The van der Waals surface area contributed by atoms with Crippen molar-refractivity contribution in [2.45, 2.75) is 78.4 Å². The number of rotatable bonds is 10. The minimum Gasteiger partial charge on any atom is -0.424 e. The Bertz CT molecular complexity index is 449. The Morgan fingerprint density at radius 3 is 1.42 bits per heavy atom. The normalized spacial score (nSPS) is 15.2. The van der Waals surface area contributed by atoms with Crippen molar-refractivity contribution in [3.8, 4) is 0 Å². The Balaban J connectivity index is 4.75. The lowest BCUT2D eigenvalue weighted by molar-refractivity contribution is -0.0438. The third-order valence-corrected chi connectivity index (χ3v) is 3.88. The molecule has 0 aliphatic carbocycles. The zero-order valence-electron chi connectivity index (χ0n) is 16.3. The van der Waals surface area contributed by atoms with Gasteiger partial charge in [0.25, 0.3) is 0 Å². The average molecular weight is 335 g/mol. The van der Waals surface area contributed by atoms with E-state index < -0.39 is 17.4 Å². The van der Waals surface area contributed by atoms with Gasteiger partial charge in [0.2, 0.25) is 0 Å². The minimum atomic E-state index is -0.745. The van der Waals surface area contributed by atoms with Crippen molar-refractivity contribution in [3.63, 3.8) is 0 Å². The molecule has 0 aromatic heterocycles. The first-order chi connectivity index (χ1) is 11.1. The second-order valence-electron chi connectivity index (χ2n) is 7.13. The van der Waals surface area contributed by atoms with E-state index in [2.05, 4.69) is 25.3 Å². The molecule has 2 atom stereocenters. The molecule has 0 radical (unpaired) electrons. The summed E-state index contributed by atoms with van der Waals surface area (Å²) in [6.45, 7) is 19.4. The summed E-state index contributed by atoms with van der Waals surface area (Å²) < 4.78 is 11.0. The highest BCUT2D eigenvalue weighted by atomic mass is 16.7. The van der Waals surface area contributed by atoms with Crippen LogP contribution in [0.2, 0.25) is 0 Å². The van der Waals surface area contributed by atoms with Crippen LogP contribution in [-0.4, -0.2) is 17.4 Å². The molecular formula is C21H34O3. The molecule has 0 amide bonds. The topological polar surface area (TPSA) is 35.5 Å². The van der Waals surface area contributed by atoms with Crippen molar-refractivity contribution in [2.24, 2.45) is 0 Å². The smallest absolute Gasteiger partial charge is 0.424 e. The van der Waals surface area contributed by atoms with Crippen molar-refractivity contribution in [2.75, 3.05) is 0 Å². The molecule has 0 saturated heterocycles. The monoisotopic (exact) mass is 334 g/mol. The fraction of sp³-hybridized carbons (Fsp3) is 0.571. The van der Waals surface area contributed by atoms with Crippen LogP contribution >= 0.6 is 0 Å². The Morgan fingerprint density at radius 1 is 0.833 bits per heavy atom. The Kier molecular flexibility index (Phi) is 9.42. The van der Waals surface area contributed by atoms with Gasteiger partial charge in [-0.2, -0.15) is 0 Å². The summed E-state index contributed by atoms with van der Waals surface area (Å²) in [5.74, 6) is 0. The van der Waals surface area contributed by atoms with Gasteiger partial charge >= 0.3 is 6.16 Å². The van der Waals surface area contributed by atoms with Gasteiger partial charge in [-0.05, 0) is 79.4 Å². The number of carbonyl (C=O) groups is 1. The highest BCUT2D eigenvalue weighted by Crippen LogP contribution is 2.25. The van der Waals surface area contributed by atoms with Crippen LogP contribution in [0.5, 0.6) is 0 Å². The molecule has 2 unspecified atom stereocenters. The third-order valence-electron chi connectivity index (χ3n) is 3.88. The van der Waals surface area contributed by atoms with Gasteiger partial charge in [0.1, 0.15) is 11.2 Å². The first kappa shape index (κ1) is 22.2. The maximum atomic E-state index is 12.2. The summed E-state index contributed by atoms with van der Waals surface area (Å²) >= 11 is 0. The van der Waals surface area contributed by atoms with E-state index in [-0.39, 0.29) is 0 Å². The maximum Gasteiger partial charge on any atom is 0.510 e. The van der Waals surface area contributed by atoms with Crippen LogP contribution in [0, 0.1) is 0 Å². The summed E-state index contributed by atoms with van der Waals surface area (Å²) in [6, 6.07) is 0. The molecule has 0 aromatic rings. The SMILES string of the molecule is C=CC(C)(CCC=C(C)C)OC(=O)OC(C)(C=C)CCC=C(C)C. The maximum absolute atomic E-state index is 12.2. The second-order valence-corrected chi connectivity index (χ2v) is 7.13. The number of allylic oxidation sites excluding steroid dienone is 4. The largest absolute Gasteiger partial charge is 0.510 e. The number of hydrogen-bond acceptors (Lipinski definition) is 3. The zero-order valence-corrected chi connectivity index (χ0v) is 16.3. The van der Waals surface area contributed by atoms with Crippen molar-refractivity contribution in [3.05, 3.63) is 48.6 Å². The van der Waals surface area contributed by atoms with Crippen molar-refractivity contribution >= 4 is 6.16 Å². The highest BCUT2D eigenvalue weighted by molar-refractivity contribution is 5.62. The highest BCUT2D eigenvalue weighted by Gasteiger charge is 2.30.